The van der Waals surface area contributed by atoms with E-state index in [1.54, 1.807) is 12.4 Å². The maximum Gasteiger partial charge on any atom is 0.317 e. The van der Waals surface area contributed by atoms with E-state index < -0.39 is 0 Å². The smallest absolute Gasteiger partial charge is 0.317 e. The summed E-state index contributed by atoms with van der Waals surface area (Å²) in [4.78, 5) is 18.1. The normalized spacial score (nSPS) is 16.1. The highest BCUT2D eigenvalue weighted by Crippen LogP contribution is 2.17. The lowest BCUT2D eigenvalue weighted by Crippen LogP contribution is -2.45. The molecule has 1 saturated carbocycles. The van der Waals surface area contributed by atoms with Gasteiger partial charge in [0.2, 0.25) is 0 Å². The molecule has 2 amide bonds. The average molecular weight is 261 g/mol. The molecule has 1 aromatic rings. The van der Waals surface area contributed by atoms with Crippen LogP contribution in [0.25, 0.3) is 0 Å². The molecule has 0 bridgehead atoms. The zero-order valence-corrected chi connectivity index (χ0v) is 11.6. The molecule has 1 fully saturated rings. The van der Waals surface area contributed by atoms with Gasteiger partial charge in [0.25, 0.3) is 0 Å². The van der Waals surface area contributed by atoms with Crippen molar-refractivity contribution in [2.24, 2.45) is 0 Å². The van der Waals surface area contributed by atoms with Crippen LogP contribution < -0.4 is 5.32 Å². The summed E-state index contributed by atoms with van der Waals surface area (Å²) < 4.78 is 0. The standard InChI is InChI=1S/C15H23N3O/c1-2-18(12-13-8-10-16-11-9-13)15(19)17-14-6-4-3-5-7-14/h8-11,14H,2-7,12H2,1H3,(H,17,19). The lowest BCUT2D eigenvalue weighted by molar-refractivity contribution is 0.190. The topological polar surface area (TPSA) is 45.2 Å². The van der Waals surface area contributed by atoms with Gasteiger partial charge in [-0.15, -0.1) is 0 Å². The fourth-order valence-electron chi connectivity index (χ4n) is 2.55. The van der Waals surface area contributed by atoms with Crippen LogP contribution in [0.5, 0.6) is 0 Å². The van der Waals surface area contributed by atoms with Crippen LogP contribution >= 0.6 is 0 Å². The number of aromatic nitrogens is 1. The van der Waals surface area contributed by atoms with Crippen molar-refractivity contribution >= 4 is 6.03 Å². The largest absolute Gasteiger partial charge is 0.335 e. The second kappa shape index (κ2) is 7.12. The van der Waals surface area contributed by atoms with E-state index in [1.165, 1.54) is 19.3 Å². The molecule has 0 atom stereocenters. The van der Waals surface area contributed by atoms with E-state index in [9.17, 15) is 4.79 Å². The number of nitrogens with one attached hydrogen (secondary N) is 1. The van der Waals surface area contributed by atoms with E-state index >= 15 is 0 Å². The molecule has 104 valence electrons. The number of urea groups is 1. The van der Waals surface area contributed by atoms with Crippen LogP contribution in [0.1, 0.15) is 44.6 Å². The van der Waals surface area contributed by atoms with Gasteiger partial charge in [-0.25, -0.2) is 4.79 Å². The van der Waals surface area contributed by atoms with Crippen molar-refractivity contribution in [3.05, 3.63) is 30.1 Å². The highest BCUT2D eigenvalue weighted by atomic mass is 16.2. The van der Waals surface area contributed by atoms with E-state index in [2.05, 4.69) is 10.3 Å². The summed E-state index contributed by atoms with van der Waals surface area (Å²) in [6, 6.07) is 4.34. The molecule has 0 radical (unpaired) electrons. The maximum absolute atomic E-state index is 12.2. The van der Waals surface area contributed by atoms with Crippen LogP contribution in [-0.4, -0.2) is 28.5 Å². The van der Waals surface area contributed by atoms with Crippen molar-refractivity contribution < 1.29 is 4.79 Å². The number of nitrogens with zero attached hydrogens (tertiary/aromatic N) is 2. The summed E-state index contributed by atoms with van der Waals surface area (Å²) >= 11 is 0. The molecule has 0 aliphatic heterocycles. The molecular weight excluding hydrogens is 238 g/mol. The number of carbonyl (C=O) groups is 1. The van der Waals surface area contributed by atoms with Crippen molar-refractivity contribution in [2.75, 3.05) is 6.54 Å². The van der Waals surface area contributed by atoms with Gasteiger partial charge < -0.3 is 10.2 Å². The number of hydrogen-bond donors (Lipinski definition) is 1. The minimum Gasteiger partial charge on any atom is -0.335 e. The summed E-state index contributed by atoms with van der Waals surface area (Å²) in [6.45, 7) is 3.39. The first-order valence-electron chi connectivity index (χ1n) is 7.24. The van der Waals surface area contributed by atoms with Gasteiger partial charge in [-0.05, 0) is 37.5 Å². The molecular formula is C15H23N3O. The summed E-state index contributed by atoms with van der Waals surface area (Å²) in [5.41, 5.74) is 1.12. The Labute approximate surface area is 115 Å². The second-order valence-electron chi connectivity index (χ2n) is 5.15. The highest BCUT2D eigenvalue weighted by Gasteiger charge is 2.19. The van der Waals surface area contributed by atoms with Crippen LogP contribution in [0.3, 0.4) is 0 Å². The van der Waals surface area contributed by atoms with Crippen LogP contribution in [0.15, 0.2) is 24.5 Å². The van der Waals surface area contributed by atoms with Crippen LogP contribution in [0.4, 0.5) is 4.79 Å². The Morgan fingerprint density at radius 2 is 2.00 bits per heavy atom. The van der Waals surface area contributed by atoms with Gasteiger partial charge in [0.05, 0.1) is 0 Å². The van der Waals surface area contributed by atoms with Crippen molar-refractivity contribution in [1.82, 2.24) is 15.2 Å². The monoisotopic (exact) mass is 261 g/mol. The Morgan fingerprint density at radius 1 is 1.32 bits per heavy atom. The molecule has 1 aliphatic rings. The molecule has 1 N–H and O–H groups in total. The molecule has 0 aromatic carbocycles. The molecule has 2 rings (SSSR count). The second-order valence-corrected chi connectivity index (χ2v) is 5.15. The molecule has 0 unspecified atom stereocenters. The molecule has 1 heterocycles. The fraction of sp³-hybridized carbons (Fsp3) is 0.600. The number of carbonyl (C=O) groups excluding carboxylic acids is 1. The van der Waals surface area contributed by atoms with Gasteiger partial charge >= 0.3 is 6.03 Å². The third-order valence-corrected chi connectivity index (χ3v) is 3.72. The van der Waals surface area contributed by atoms with Crippen molar-refractivity contribution in [2.45, 2.75) is 51.6 Å². The molecule has 19 heavy (non-hydrogen) atoms. The zero-order valence-electron chi connectivity index (χ0n) is 11.6. The van der Waals surface area contributed by atoms with Crippen LogP contribution in [0.2, 0.25) is 0 Å². The Balaban J connectivity index is 1.87. The third kappa shape index (κ3) is 4.23. The molecule has 1 aromatic heterocycles. The maximum atomic E-state index is 12.2. The van der Waals surface area contributed by atoms with E-state index in [0.717, 1.165) is 24.9 Å². The molecule has 0 saturated heterocycles. The first-order chi connectivity index (χ1) is 9.29. The predicted octanol–water partition coefficient (Wildman–Crippen LogP) is 2.95. The van der Waals surface area contributed by atoms with Gasteiger partial charge in [0.1, 0.15) is 0 Å². The van der Waals surface area contributed by atoms with Crippen molar-refractivity contribution in [3.8, 4) is 0 Å². The fourth-order valence-corrected chi connectivity index (χ4v) is 2.55. The number of pyridine rings is 1. The summed E-state index contributed by atoms with van der Waals surface area (Å²) in [5, 5.41) is 3.16. The van der Waals surface area contributed by atoms with Crippen molar-refractivity contribution in [3.63, 3.8) is 0 Å². The minimum atomic E-state index is 0.0613. The molecule has 4 heteroatoms. The van der Waals surface area contributed by atoms with Crippen LogP contribution in [-0.2, 0) is 6.54 Å². The Bertz CT molecular complexity index is 388. The number of hydrogen-bond acceptors (Lipinski definition) is 2. The van der Waals surface area contributed by atoms with Crippen LogP contribution in [0, 0.1) is 0 Å². The average Bonchev–Trinajstić information content (AvgIpc) is 2.47. The summed E-state index contributed by atoms with van der Waals surface area (Å²) in [6.07, 6.45) is 9.56. The van der Waals surface area contributed by atoms with Gasteiger partial charge in [0, 0.05) is 31.5 Å². The minimum absolute atomic E-state index is 0.0613. The van der Waals surface area contributed by atoms with E-state index in [4.69, 9.17) is 0 Å². The quantitative estimate of drug-likeness (QED) is 0.905. The summed E-state index contributed by atoms with van der Waals surface area (Å²) in [7, 11) is 0. The lowest BCUT2D eigenvalue weighted by Gasteiger charge is -2.27. The summed E-state index contributed by atoms with van der Waals surface area (Å²) in [5.74, 6) is 0. The van der Waals surface area contributed by atoms with E-state index in [0.29, 0.717) is 12.6 Å². The molecule has 4 nitrogen and oxygen atoms in total. The molecule has 0 spiro atoms. The lowest BCUT2D eigenvalue weighted by atomic mass is 9.96. The Morgan fingerprint density at radius 3 is 2.63 bits per heavy atom. The Kier molecular flexibility index (Phi) is 5.19. The zero-order chi connectivity index (χ0) is 13.5. The number of amides is 2. The van der Waals surface area contributed by atoms with Gasteiger partial charge in [0.15, 0.2) is 0 Å². The SMILES string of the molecule is CCN(Cc1ccncc1)C(=O)NC1CCCCC1. The predicted molar refractivity (Wildman–Crippen MR) is 75.7 cm³/mol. The first kappa shape index (κ1) is 13.8. The van der Waals surface area contributed by atoms with Gasteiger partial charge in [-0.1, -0.05) is 19.3 Å². The third-order valence-electron chi connectivity index (χ3n) is 3.72. The van der Waals surface area contributed by atoms with Gasteiger partial charge in [-0.2, -0.15) is 0 Å². The van der Waals surface area contributed by atoms with E-state index in [1.807, 2.05) is 24.0 Å². The van der Waals surface area contributed by atoms with Gasteiger partial charge in [-0.3, -0.25) is 4.98 Å². The van der Waals surface area contributed by atoms with Crippen molar-refractivity contribution in [1.29, 1.82) is 0 Å². The Hall–Kier alpha value is -1.58. The highest BCUT2D eigenvalue weighted by molar-refractivity contribution is 5.74. The molecule has 1 aliphatic carbocycles. The first-order valence-corrected chi connectivity index (χ1v) is 7.24. The number of rotatable bonds is 4. The van der Waals surface area contributed by atoms with E-state index in [-0.39, 0.29) is 6.03 Å².